The van der Waals surface area contributed by atoms with Gasteiger partial charge in [-0.05, 0) is 37.3 Å². The average molecular weight is 371 g/mol. The van der Waals surface area contributed by atoms with E-state index in [9.17, 15) is 9.59 Å². The van der Waals surface area contributed by atoms with Crippen LogP contribution >= 0.6 is 22.9 Å². The van der Waals surface area contributed by atoms with Crippen molar-refractivity contribution in [2.75, 3.05) is 16.8 Å². The third kappa shape index (κ3) is 2.69. The van der Waals surface area contributed by atoms with Crippen molar-refractivity contribution < 1.29 is 9.59 Å². The molecule has 1 aromatic heterocycles. The topological polar surface area (TPSA) is 49.4 Å². The first-order valence-corrected chi connectivity index (χ1v) is 9.19. The maximum Gasteiger partial charge on any atom is 0.258 e. The predicted octanol–water partition coefficient (Wildman–Crippen LogP) is 4.72. The summed E-state index contributed by atoms with van der Waals surface area (Å²) in [6, 6.07) is 13.0. The van der Waals surface area contributed by atoms with E-state index in [1.807, 2.05) is 43.3 Å². The zero-order chi connectivity index (χ0) is 17.6. The summed E-state index contributed by atoms with van der Waals surface area (Å²) < 4.78 is 0.673. The van der Waals surface area contributed by atoms with Gasteiger partial charge in [0.05, 0.1) is 16.4 Å². The highest BCUT2D eigenvalue weighted by Gasteiger charge is 2.29. The third-order valence-corrected chi connectivity index (χ3v) is 5.57. The lowest BCUT2D eigenvalue weighted by molar-refractivity contribution is -0.115. The molecule has 0 radical (unpaired) electrons. The molecule has 0 saturated heterocycles. The van der Waals surface area contributed by atoms with E-state index in [1.165, 1.54) is 11.3 Å². The summed E-state index contributed by atoms with van der Waals surface area (Å²) in [4.78, 5) is 27.6. The van der Waals surface area contributed by atoms with E-state index in [0.29, 0.717) is 16.4 Å². The lowest BCUT2D eigenvalue weighted by atomic mass is 10.0. The van der Waals surface area contributed by atoms with Crippen LogP contribution in [0.25, 0.3) is 10.8 Å². The minimum atomic E-state index is -0.101. The summed E-state index contributed by atoms with van der Waals surface area (Å²) >= 11 is 7.32. The van der Waals surface area contributed by atoms with E-state index in [2.05, 4.69) is 5.32 Å². The van der Waals surface area contributed by atoms with Crippen molar-refractivity contribution in [1.29, 1.82) is 0 Å². The summed E-state index contributed by atoms with van der Waals surface area (Å²) in [6.07, 6.45) is 0.278. The van der Waals surface area contributed by atoms with Crippen LogP contribution in [0, 0.1) is 0 Å². The van der Waals surface area contributed by atoms with Crippen molar-refractivity contribution in [2.24, 2.45) is 0 Å². The second-order valence-electron chi connectivity index (χ2n) is 5.84. The minimum absolute atomic E-state index is 0.0137. The Balaban J connectivity index is 1.69. The van der Waals surface area contributed by atoms with Crippen LogP contribution in [0.3, 0.4) is 0 Å². The Hall–Kier alpha value is -2.37. The summed E-state index contributed by atoms with van der Waals surface area (Å²) in [5.41, 5.74) is 2.32. The Kier molecular flexibility index (Phi) is 3.98. The molecule has 0 aliphatic carbocycles. The van der Waals surface area contributed by atoms with Gasteiger partial charge in [0.1, 0.15) is 0 Å². The molecular formula is C19H15ClN2O2S. The first-order valence-electron chi connectivity index (χ1n) is 8.00. The van der Waals surface area contributed by atoms with Gasteiger partial charge in [0.2, 0.25) is 5.91 Å². The number of anilines is 2. The molecule has 0 fully saturated rings. The van der Waals surface area contributed by atoms with Crippen LogP contribution in [0.15, 0.2) is 42.5 Å². The molecule has 1 N–H and O–H groups in total. The Morgan fingerprint density at radius 2 is 2.04 bits per heavy atom. The lowest BCUT2D eigenvalue weighted by Gasteiger charge is -2.15. The lowest BCUT2D eigenvalue weighted by Crippen LogP contribution is -2.25. The molecule has 0 spiro atoms. The fourth-order valence-electron chi connectivity index (χ4n) is 3.27. The molecule has 4 nitrogen and oxygen atoms in total. The molecule has 3 aromatic rings. The number of carbonyl (C=O) groups is 2. The number of amides is 2. The molecule has 1 aliphatic heterocycles. The fourth-order valence-corrected chi connectivity index (χ4v) is 4.35. The van der Waals surface area contributed by atoms with Crippen molar-refractivity contribution in [1.82, 2.24) is 0 Å². The third-order valence-electron chi connectivity index (χ3n) is 4.34. The molecule has 126 valence electrons. The van der Waals surface area contributed by atoms with Gasteiger partial charge in [-0.25, -0.2) is 0 Å². The van der Waals surface area contributed by atoms with Crippen molar-refractivity contribution >= 4 is 56.9 Å². The van der Waals surface area contributed by atoms with Crippen LogP contribution in [0.2, 0.25) is 4.34 Å². The largest absolute Gasteiger partial charge is 0.325 e. The van der Waals surface area contributed by atoms with Gasteiger partial charge in [0.15, 0.2) is 0 Å². The van der Waals surface area contributed by atoms with Crippen molar-refractivity contribution in [3.63, 3.8) is 0 Å². The van der Waals surface area contributed by atoms with Gasteiger partial charge in [-0.2, -0.15) is 0 Å². The fraction of sp³-hybridized carbons (Fsp3) is 0.158. The number of carbonyl (C=O) groups excluding carboxylic acids is 2. The molecule has 2 aromatic carbocycles. The molecule has 0 atom stereocenters. The number of hydrogen-bond donors (Lipinski definition) is 1. The first-order chi connectivity index (χ1) is 12.1. The number of halogens is 1. The van der Waals surface area contributed by atoms with Crippen molar-refractivity contribution in [2.45, 2.75) is 13.3 Å². The zero-order valence-electron chi connectivity index (χ0n) is 13.5. The standard InChI is InChI=1S/C19H15ClN2O2S/c1-2-22-15-8-7-14(12-4-3-5-13(18(12)15)19(22)24)21-17(23)10-11-6-9-16(20)25-11/h3-9H,2,10H2,1H3,(H,21,23). The predicted molar refractivity (Wildman–Crippen MR) is 103 cm³/mol. The van der Waals surface area contributed by atoms with E-state index in [0.717, 1.165) is 27.0 Å². The molecule has 0 saturated carbocycles. The Morgan fingerprint density at radius 3 is 2.76 bits per heavy atom. The Labute approximate surface area is 154 Å². The van der Waals surface area contributed by atoms with Crippen LogP contribution in [0.1, 0.15) is 22.2 Å². The molecule has 2 amide bonds. The number of rotatable bonds is 4. The highest BCUT2D eigenvalue weighted by atomic mass is 35.5. The summed E-state index contributed by atoms with van der Waals surface area (Å²) in [5.74, 6) is -0.0873. The number of nitrogens with zero attached hydrogens (tertiary/aromatic N) is 1. The maximum absolute atomic E-state index is 12.5. The van der Waals surface area contributed by atoms with E-state index < -0.39 is 0 Å². The minimum Gasteiger partial charge on any atom is -0.325 e. The molecule has 0 bridgehead atoms. The second-order valence-corrected chi connectivity index (χ2v) is 7.64. The SMILES string of the molecule is CCN1C(=O)c2cccc3c(NC(=O)Cc4ccc(Cl)s4)ccc1c23. The van der Waals surface area contributed by atoms with Crippen LogP contribution in [-0.4, -0.2) is 18.4 Å². The molecule has 6 heteroatoms. The maximum atomic E-state index is 12.5. The quantitative estimate of drug-likeness (QED) is 0.722. The van der Waals surface area contributed by atoms with Crippen LogP contribution in [0.4, 0.5) is 11.4 Å². The normalized spacial score (nSPS) is 12.9. The summed E-state index contributed by atoms with van der Waals surface area (Å²) in [6.45, 7) is 2.57. The molecule has 2 heterocycles. The van der Waals surface area contributed by atoms with E-state index >= 15 is 0 Å². The molecule has 1 aliphatic rings. The molecule has 0 unspecified atom stereocenters. The second kappa shape index (κ2) is 6.17. The Morgan fingerprint density at radius 1 is 1.20 bits per heavy atom. The number of benzene rings is 2. The van der Waals surface area contributed by atoms with Gasteiger partial charge in [-0.3, -0.25) is 9.59 Å². The number of nitrogens with one attached hydrogen (secondary N) is 1. The van der Waals surface area contributed by atoms with Gasteiger partial charge in [0, 0.05) is 33.4 Å². The molecule has 25 heavy (non-hydrogen) atoms. The summed E-state index contributed by atoms with van der Waals surface area (Å²) in [7, 11) is 0. The highest BCUT2D eigenvalue weighted by Crippen LogP contribution is 2.40. The first kappa shape index (κ1) is 16.1. The highest BCUT2D eigenvalue weighted by molar-refractivity contribution is 7.16. The van der Waals surface area contributed by atoms with Crippen LogP contribution in [0.5, 0.6) is 0 Å². The van der Waals surface area contributed by atoms with E-state index in [4.69, 9.17) is 11.6 Å². The van der Waals surface area contributed by atoms with Crippen molar-refractivity contribution in [3.8, 4) is 0 Å². The van der Waals surface area contributed by atoms with Gasteiger partial charge in [-0.15, -0.1) is 11.3 Å². The number of hydrogen-bond acceptors (Lipinski definition) is 3. The van der Waals surface area contributed by atoms with Crippen molar-refractivity contribution in [3.05, 3.63) is 57.2 Å². The Bertz CT molecular complexity index is 1010. The van der Waals surface area contributed by atoms with Gasteiger partial charge < -0.3 is 10.2 Å². The van der Waals surface area contributed by atoms with Gasteiger partial charge in [0.25, 0.3) is 5.91 Å². The summed E-state index contributed by atoms with van der Waals surface area (Å²) in [5, 5.41) is 4.76. The smallest absolute Gasteiger partial charge is 0.258 e. The molecular weight excluding hydrogens is 356 g/mol. The van der Waals surface area contributed by atoms with Crippen LogP contribution < -0.4 is 10.2 Å². The van der Waals surface area contributed by atoms with E-state index in [-0.39, 0.29) is 18.2 Å². The average Bonchev–Trinajstić information content (AvgIpc) is 3.12. The van der Waals surface area contributed by atoms with Gasteiger partial charge in [-0.1, -0.05) is 23.7 Å². The van der Waals surface area contributed by atoms with E-state index in [1.54, 1.807) is 11.0 Å². The monoisotopic (exact) mass is 370 g/mol. The number of thiophene rings is 1. The molecule has 4 rings (SSSR count). The van der Waals surface area contributed by atoms with Gasteiger partial charge >= 0.3 is 0 Å². The van der Waals surface area contributed by atoms with Crippen LogP contribution in [-0.2, 0) is 11.2 Å². The zero-order valence-corrected chi connectivity index (χ0v) is 15.1.